The minimum absolute atomic E-state index is 0. The molecule has 2 aliphatic rings. The van der Waals surface area contributed by atoms with Gasteiger partial charge in [-0.15, -0.1) is 24.8 Å². The molecular weight excluding hydrogens is 455 g/mol. The highest BCUT2D eigenvalue weighted by Gasteiger charge is 2.57. The van der Waals surface area contributed by atoms with E-state index in [1.54, 1.807) is 0 Å². The van der Waals surface area contributed by atoms with Crippen LogP contribution in [0.3, 0.4) is 0 Å². The van der Waals surface area contributed by atoms with Gasteiger partial charge in [0, 0.05) is 31.0 Å². The van der Waals surface area contributed by atoms with Crippen LogP contribution in [0.15, 0.2) is 60.7 Å². The molecule has 0 amide bonds. The van der Waals surface area contributed by atoms with E-state index in [-0.39, 0.29) is 36.2 Å². The lowest BCUT2D eigenvalue weighted by Gasteiger charge is -2.57. The van der Waals surface area contributed by atoms with Crippen LogP contribution in [0.4, 0.5) is 0 Å². The Morgan fingerprint density at radius 1 is 0.970 bits per heavy atom. The van der Waals surface area contributed by atoms with E-state index < -0.39 is 5.60 Å². The van der Waals surface area contributed by atoms with Crippen molar-refractivity contribution < 1.29 is 9.53 Å². The van der Waals surface area contributed by atoms with E-state index in [9.17, 15) is 4.79 Å². The summed E-state index contributed by atoms with van der Waals surface area (Å²) in [7, 11) is 2.20. The number of hydrogen-bond acceptors (Lipinski definition) is 4. The van der Waals surface area contributed by atoms with Gasteiger partial charge in [0.2, 0.25) is 0 Å². The first-order valence-corrected chi connectivity index (χ1v) is 11.7. The van der Waals surface area contributed by atoms with Gasteiger partial charge in [-0.2, -0.15) is 0 Å². The molecule has 3 atom stereocenters. The maximum atomic E-state index is 13.4. The SMILES string of the molecule is CC1CC(OC(=O)c2ccccc2)(c2ccccc2)C(C)(CN2CCCCC2)CN1C.Cl.Cl. The fraction of sp³-hybridized carbons (Fsp3) is 0.519. The third-order valence-corrected chi connectivity index (χ3v) is 7.45. The van der Waals surface area contributed by atoms with E-state index in [0.29, 0.717) is 11.6 Å². The third-order valence-electron chi connectivity index (χ3n) is 7.45. The maximum Gasteiger partial charge on any atom is 0.339 e. The lowest BCUT2D eigenvalue weighted by Crippen LogP contribution is -2.64. The largest absolute Gasteiger partial charge is 0.450 e. The van der Waals surface area contributed by atoms with Crippen molar-refractivity contribution >= 4 is 30.8 Å². The molecule has 4 rings (SSSR count). The zero-order valence-corrected chi connectivity index (χ0v) is 21.7. The lowest BCUT2D eigenvalue weighted by molar-refractivity contribution is -0.160. The highest BCUT2D eigenvalue weighted by atomic mass is 35.5. The van der Waals surface area contributed by atoms with Gasteiger partial charge in [-0.25, -0.2) is 4.79 Å². The van der Waals surface area contributed by atoms with E-state index >= 15 is 0 Å². The smallest absolute Gasteiger partial charge is 0.339 e. The lowest BCUT2D eigenvalue weighted by atomic mass is 9.63. The second-order valence-electron chi connectivity index (χ2n) is 9.81. The summed E-state index contributed by atoms with van der Waals surface area (Å²) >= 11 is 0. The molecule has 0 bridgehead atoms. The molecule has 0 aliphatic carbocycles. The number of likely N-dealkylation sites (tertiary alicyclic amines) is 2. The van der Waals surface area contributed by atoms with E-state index in [1.807, 2.05) is 36.4 Å². The van der Waals surface area contributed by atoms with Gasteiger partial charge >= 0.3 is 5.97 Å². The molecule has 182 valence electrons. The van der Waals surface area contributed by atoms with Crippen LogP contribution >= 0.6 is 24.8 Å². The number of hydrogen-bond donors (Lipinski definition) is 0. The number of carbonyl (C=O) groups is 1. The summed E-state index contributed by atoms with van der Waals surface area (Å²) in [6.45, 7) is 8.66. The first-order chi connectivity index (χ1) is 14.9. The maximum absolute atomic E-state index is 13.4. The minimum atomic E-state index is -0.676. The first-order valence-electron chi connectivity index (χ1n) is 11.7. The predicted molar refractivity (Wildman–Crippen MR) is 140 cm³/mol. The zero-order valence-electron chi connectivity index (χ0n) is 20.0. The van der Waals surface area contributed by atoms with E-state index in [4.69, 9.17) is 4.74 Å². The second-order valence-corrected chi connectivity index (χ2v) is 9.81. The van der Waals surface area contributed by atoms with Gasteiger partial charge in [0.1, 0.15) is 5.60 Å². The van der Waals surface area contributed by atoms with Gasteiger partial charge in [0.05, 0.1) is 5.56 Å². The summed E-state index contributed by atoms with van der Waals surface area (Å²) in [5, 5.41) is 0. The molecule has 6 heteroatoms. The van der Waals surface area contributed by atoms with Gasteiger partial charge in [-0.1, -0.05) is 61.9 Å². The van der Waals surface area contributed by atoms with Crippen molar-refractivity contribution in [3.63, 3.8) is 0 Å². The highest BCUT2D eigenvalue weighted by molar-refractivity contribution is 5.89. The van der Waals surface area contributed by atoms with E-state index in [0.717, 1.165) is 38.2 Å². The van der Waals surface area contributed by atoms with Crippen molar-refractivity contribution in [2.45, 2.75) is 51.2 Å². The standard InChI is InChI=1S/C27H36N2O2.2ClH/c1-22-19-27(24-15-9-5-10-16-24,31-25(30)23-13-7-4-8-14-23)26(2,20-28(22)3)21-29-17-11-6-12-18-29;;/h4-5,7-10,13-16,22H,6,11-12,17-21H2,1-3H3;2*1H. The topological polar surface area (TPSA) is 32.8 Å². The summed E-state index contributed by atoms with van der Waals surface area (Å²) in [6, 6.07) is 20.2. The number of carbonyl (C=O) groups excluding carboxylic acids is 1. The molecule has 3 unspecified atom stereocenters. The van der Waals surface area contributed by atoms with Crippen molar-refractivity contribution in [2.24, 2.45) is 5.41 Å². The Bertz CT molecular complexity index is 876. The zero-order chi connectivity index (χ0) is 21.9. The highest BCUT2D eigenvalue weighted by Crippen LogP contribution is 2.51. The van der Waals surface area contributed by atoms with Crippen molar-refractivity contribution in [3.8, 4) is 0 Å². The molecule has 2 aromatic rings. The molecule has 33 heavy (non-hydrogen) atoms. The number of ether oxygens (including phenoxy) is 1. The van der Waals surface area contributed by atoms with Crippen molar-refractivity contribution in [1.82, 2.24) is 9.80 Å². The molecular formula is C27H38Cl2N2O2. The van der Waals surface area contributed by atoms with Crippen molar-refractivity contribution in [1.29, 1.82) is 0 Å². The normalized spacial score (nSPS) is 28.3. The van der Waals surface area contributed by atoms with Crippen LogP contribution in [0.25, 0.3) is 0 Å². The Kier molecular flexibility index (Phi) is 9.81. The van der Waals surface area contributed by atoms with Crippen LogP contribution in [-0.2, 0) is 10.3 Å². The van der Waals surface area contributed by atoms with Gasteiger partial charge < -0.3 is 14.5 Å². The Morgan fingerprint density at radius 2 is 1.55 bits per heavy atom. The number of halogens is 2. The number of benzene rings is 2. The molecule has 0 spiro atoms. The van der Waals surface area contributed by atoms with Crippen LogP contribution in [0.5, 0.6) is 0 Å². The Balaban J connectivity index is 0.00000193. The number of esters is 1. The fourth-order valence-corrected chi connectivity index (χ4v) is 5.63. The second kappa shape index (κ2) is 11.7. The number of rotatable bonds is 5. The quantitative estimate of drug-likeness (QED) is 0.493. The molecule has 4 nitrogen and oxygen atoms in total. The summed E-state index contributed by atoms with van der Waals surface area (Å²) in [4.78, 5) is 18.4. The average molecular weight is 494 g/mol. The van der Waals surface area contributed by atoms with Crippen molar-refractivity contribution in [3.05, 3.63) is 71.8 Å². The molecule has 2 saturated heterocycles. The predicted octanol–water partition coefficient (Wildman–Crippen LogP) is 5.80. The average Bonchev–Trinajstić information content (AvgIpc) is 2.79. The monoisotopic (exact) mass is 492 g/mol. The molecule has 0 N–H and O–H groups in total. The van der Waals surface area contributed by atoms with Crippen LogP contribution in [-0.4, -0.2) is 55.0 Å². The molecule has 0 saturated carbocycles. The van der Waals surface area contributed by atoms with Crippen LogP contribution in [0, 0.1) is 5.41 Å². The van der Waals surface area contributed by atoms with Gasteiger partial charge in [0.25, 0.3) is 0 Å². The summed E-state index contributed by atoms with van der Waals surface area (Å²) in [5.74, 6) is -0.230. The van der Waals surface area contributed by atoms with Gasteiger partial charge in [-0.05, 0) is 57.6 Å². The summed E-state index contributed by atoms with van der Waals surface area (Å²) in [6.07, 6.45) is 4.61. The summed E-state index contributed by atoms with van der Waals surface area (Å²) < 4.78 is 6.63. The molecule has 0 aromatic heterocycles. The minimum Gasteiger partial charge on any atom is -0.450 e. The van der Waals surface area contributed by atoms with E-state index in [1.165, 1.54) is 19.3 Å². The molecule has 2 fully saturated rings. The molecule has 2 aliphatic heterocycles. The Hall–Kier alpha value is -1.59. The number of nitrogens with zero attached hydrogens (tertiary/aromatic N) is 2. The molecule has 2 heterocycles. The van der Waals surface area contributed by atoms with Crippen LogP contribution in [0.1, 0.15) is 55.5 Å². The number of piperidine rings is 2. The third kappa shape index (κ3) is 5.74. The summed E-state index contributed by atoms with van der Waals surface area (Å²) in [5.41, 5.74) is 0.825. The molecule has 0 radical (unpaired) electrons. The fourth-order valence-electron chi connectivity index (χ4n) is 5.63. The Morgan fingerprint density at radius 3 is 2.15 bits per heavy atom. The Labute approximate surface area is 211 Å². The van der Waals surface area contributed by atoms with E-state index in [2.05, 4.69) is 55.0 Å². The first kappa shape index (κ1) is 27.7. The van der Waals surface area contributed by atoms with Crippen molar-refractivity contribution in [2.75, 3.05) is 33.2 Å². The van der Waals surface area contributed by atoms with Crippen LogP contribution < -0.4 is 0 Å². The van der Waals surface area contributed by atoms with Gasteiger partial charge in [-0.3, -0.25) is 0 Å². The molecule has 2 aromatic carbocycles. The van der Waals surface area contributed by atoms with Gasteiger partial charge in [0.15, 0.2) is 0 Å². The van der Waals surface area contributed by atoms with Crippen LogP contribution in [0.2, 0.25) is 0 Å².